The van der Waals surface area contributed by atoms with E-state index in [-0.39, 0.29) is 74.3 Å². The molecule has 0 saturated carbocycles. The van der Waals surface area contributed by atoms with Gasteiger partial charge in [-0.15, -0.1) is 30.0 Å². The van der Waals surface area contributed by atoms with Crippen molar-refractivity contribution in [2.24, 2.45) is 0 Å². The standard InChI is InChI=1S/C17H15N11O4/c29-12-1-2-13(30)25(12)8-27-21-16(19-23-27)10-5-6-18-11(7-10)17-20-24-28(22-17)9-26-14(31)3-4-15(26)32/h5-7H,1-4,8-9H2. The predicted octanol–water partition coefficient (Wildman–Crippen LogP) is -1.40. The zero-order chi connectivity index (χ0) is 22.2. The topological polar surface area (TPSA) is 175 Å². The van der Waals surface area contributed by atoms with Gasteiger partial charge in [0.15, 0.2) is 0 Å². The number of imide groups is 2. The normalized spacial score (nSPS) is 16.6. The number of hydrogen-bond acceptors (Lipinski definition) is 11. The van der Waals surface area contributed by atoms with Crippen molar-refractivity contribution in [3.05, 3.63) is 18.3 Å². The first-order valence-electron chi connectivity index (χ1n) is 9.67. The Morgan fingerprint density at radius 3 is 1.78 bits per heavy atom. The molecule has 32 heavy (non-hydrogen) atoms. The van der Waals surface area contributed by atoms with Gasteiger partial charge in [0.1, 0.15) is 19.0 Å². The summed E-state index contributed by atoms with van der Waals surface area (Å²) in [5.74, 6) is -0.654. The summed E-state index contributed by atoms with van der Waals surface area (Å²) in [5.41, 5.74) is 0.927. The maximum atomic E-state index is 11.8. The van der Waals surface area contributed by atoms with E-state index >= 15 is 0 Å². The van der Waals surface area contributed by atoms with Crippen LogP contribution >= 0.6 is 0 Å². The van der Waals surface area contributed by atoms with Crippen molar-refractivity contribution in [3.63, 3.8) is 0 Å². The van der Waals surface area contributed by atoms with Gasteiger partial charge < -0.3 is 0 Å². The van der Waals surface area contributed by atoms with Crippen molar-refractivity contribution in [1.29, 1.82) is 0 Å². The monoisotopic (exact) mass is 437 g/mol. The minimum atomic E-state index is -0.277. The number of likely N-dealkylation sites (tertiary alicyclic amines) is 2. The van der Waals surface area contributed by atoms with Gasteiger partial charge >= 0.3 is 0 Å². The van der Waals surface area contributed by atoms with Gasteiger partial charge in [-0.05, 0) is 22.6 Å². The third kappa shape index (κ3) is 3.59. The Morgan fingerprint density at radius 1 is 0.719 bits per heavy atom. The van der Waals surface area contributed by atoms with Crippen LogP contribution in [0.15, 0.2) is 18.3 Å². The highest BCUT2D eigenvalue weighted by Crippen LogP contribution is 2.20. The van der Waals surface area contributed by atoms with E-state index in [1.54, 1.807) is 12.1 Å². The molecule has 0 spiro atoms. The van der Waals surface area contributed by atoms with E-state index in [0.29, 0.717) is 11.3 Å². The number of hydrogen-bond donors (Lipinski definition) is 0. The first-order valence-corrected chi connectivity index (χ1v) is 9.67. The molecule has 15 heteroatoms. The molecule has 0 aliphatic carbocycles. The maximum Gasteiger partial charge on any atom is 0.231 e. The molecular weight excluding hydrogens is 422 g/mol. The molecule has 3 aromatic rings. The SMILES string of the molecule is O=C1CCC(=O)N1Cn1nnc(-c2ccnc(-c3nnn(CN4C(=O)CCC4=O)n3)c2)n1. The summed E-state index contributed by atoms with van der Waals surface area (Å²) in [6, 6.07) is 3.28. The van der Waals surface area contributed by atoms with Crippen LogP contribution in [0.1, 0.15) is 25.7 Å². The molecule has 0 bridgehead atoms. The largest absolute Gasteiger partial charge is 0.274 e. The second-order valence-corrected chi connectivity index (χ2v) is 7.11. The van der Waals surface area contributed by atoms with Gasteiger partial charge in [-0.1, -0.05) is 0 Å². The van der Waals surface area contributed by atoms with Gasteiger partial charge in [0.2, 0.25) is 35.3 Å². The number of rotatable bonds is 6. The summed E-state index contributed by atoms with van der Waals surface area (Å²) in [4.78, 5) is 55.7. The lowest BCUT2D eigenvalue weighted by atomic mass is 10.2. The molecule has 0 unspecified atom stereocenters. The van der Waals surface area contributed by atoms with Crippen LogP contribution in [0.2, 0.25) is 0 Å². The van der Waals surface area contributed by atoms with Crippen LogP contribution in [0.3, 0.4) is 0 Å². The lowest BCUT2D eigenvalue weighted by Gasteiger charge is -2.11. The Morgan fingerprint density at radius 2 is 1.22 bits per heavy atom. The Bertz CT molecular complexity index is 1130. The smallest absolute Gasteiger partial charge is 0.231 e. The van der Waals surface area contributed by atoms with Gasteiger partial charge in [0.25, 0.3) is 0 Å². The fourth-order valence-corrected chi connectivity index (χ4v) is 3.33. The molecule has 15 nitrogen and oxygen atoms in total. The van der Waals surface area contributed by atoms with Crippen LogP contribution in [0.25, 0.3) is 22.9 Å². The molecule has 5 rings (SSSR count). The summed E-state index contributed by atoms with van der Waals surface area (Å²) in [6.45, 7) is -0.222. The Kier molecular flexibility index (Phi) is 4.68. The lowest BCUT2D eigenvalue weighted by molar-refractivity contribution is -0.142. The number of amides is 4. The van der Waals surface area contributed by atoms with Crippen molar-refractivity contribution in [3.8, 4) is 22.9 Å². The number of aromatic nitrogens is 9. The van der Waals surface area contributed by atoms with Gasteiger partial charge in [-0.3, -0.25) is 34.0 Å². The molecular formula is C17H15N11O4. The summed E-state index contributed by atoms with van der Waals surface area (Å²) in [7, 11) is 0. The average Bonchev–Trinajstić information content (AvgIpc) is 3.58. The molecule has 0 radical (unpaired) electrons. The van der Waals surface area contributed by atoms with Crippen molar-refractivity contribution >= 4 is 23.6 Å². The van der Waals surface area contributed by atoms with Crippen LogP contribution in [0.4, 0.5) is 0 Å². The van der Waals surface area contributed by atoms with Crippen molar-refractivity contribution in [2.75, 3.05) is 0 Å². The first-order chi connectivity index (χ1) is 15.5. The molecule has 162 valence electrons. The van der Waals surface area contributed by atoms with Crippen LogP contribution in [0.5, 0.6) is 0 Å². The van der Waals surface area contributed by atoms with Crippen LogP contribution in [0, 0.1) is 0 Å². The number of carbonyl (C=O) groups is 4. The molecule has 5 heterocycles. The fraction of sp³-hybridized carbons (Fsp3) is 0.353. The van der Waals surface area contributed by atoms with Gasteiger partial charge in [0.05, 0.1) is 0 Å². The molecule has 3 aromatic heterocycles. The molecule has 2 saturated heterocycles. The van der Waals surface area contributed by atoms with E-state index in [0.717, 1.165) is 19.4 Å². The molecule has 0 aromatic carbocycles. The molecule has 2 aliphatic rings. The number of pyridine rings is 1. The summed E-state index contributed by atoms with van der Waals surface area (Å²) in [5, 5.41) is 24.1. The van der Waals surface area contributed by atoms with E-state index in [4.69, 9.17) is 0 Å². The number of nitrogens with zero attached hydrogens (tertiary/aromatic N) is 11. The average molecular weight is 437 g/mol. The second-order valence-electron chi connectivity index (χ2n) is 7.11. The molecule has 0 atom stereocenters. The van der Waals surface area contributed by atoms with Gasteiger partial charge in [-0.25, -0.2) is 0 Å². The van der Waals surface area contributed by atoms with E-state index in [1.165, 1.54) is 6.20 Å². The highest BCUT2D eigenvalue weighted by atomic mass is 16.2. The Hall–Kier alpha value is -4.43. The molecule has 2 aliphatic heterocycles. The molecule has 0 N–H and O–H groups in total. The first kappa shape index (κ1) is 19.5. The van der Waals surface area contributed by atoms with Crippen molar-refractivity contribution in [1.82, 2.24) is 55.2 Å². The minimum absolute atomic E-state index is 0.105. The second kappa shape index (κ2) is 7.68. The van der Waals surface area contributed by atoms with E-state index in [9.17, 15) is 19.2 Å². The summed E-state index contributed by atoms with van der Waals surface area (Å²) in [6.07, 6.45) is 2.23. The third-order valence-corrected chi connectivity index (χ3v) is 5.00. The van der Waals surface area contributed by atoms with E-state index in [1.807, 2.05) is 0 Å². The summed E-state index contributed by atoms with van der Waals surface area (Å²) >= 11 is 0. The van der Waals surface area contributed by atoms with E-state index in [2.05, 4.69) is 35.8 Å². The van der Waals surface area contributed by atoms with Crippen LogP contribution < -0.4 is 0 Å². The van der Waals surface area contributed by atoms with Crippen LogP contribution in [-0.2, 0) is 32.5 Å². The Labute approximate surface area is 179 Å². The van der Waals surface area contributed by atoms with Gasteiger partial charge in [0, 0.05) is 37.4 Å². The zero-order valence-electron chi connectivity index (χ0n) is 16.5. The van der Waals surface area contributed by atoms with Gasteiger partial charge in [-0.2, -0.15) is 0 Å². The quantitative estimate of drug-likeness (QED) is 0.415. The zero-order valence-corrected chi connectivity index (χ0v) is 16.5. The lowest BCUT2D eigenvalue weighted by Crippen LogP contribution is -2.32. The predicted molar refractivity (Wildman–Crippen MR) is 100 cm³/mol. The van der Waals surface area contributed by atoms with Crippen molar-refractivity contribution < 1.29 is 19.2 Å². The number of tetrazole rings is 2. The minimum Gasteiger partial charge on any atom is -0.274 e. The fourth-order valence-electron chi connectivity index (χ4n) is 3.33. The summed E-state index contributed by atoms with van der Waals surface area (Å²) < 4.78 is 0. The maximum absolute atomic E-state index is 11.8. The highest BCUT2D eigenvalue weighted by molar-refractivity contribution is 6.02. The highest BCUT2D eigenvalue weighted by Gasteiger charge is 2.30. The molecule has 2 fully saturated rings. The molecule has 4 amide bonds. The number of carbonyl (C=O) groups excluding carboxylic acids is 4. The Balaban J connectivity index is 1.32. The van der Waals surface area contributed by atoms with E-state index < -0.39 is 0 Å². The van der Waals surface area contributed by atoms with Crippen LogP contribution in [-0.4, -0.2) is 78.8 Å². The van der Waals surface area contributed by atoms with Crippen molar-refractivity contribution in [2.45, 2.75) is 39.0 Å². The third-order valence-electron chi connectivity index (χ3n) is 5.00.